The van der Waals surface area contributed by atoms with Gasteiger partial charge in [-0.3, -0.25) is 4.79 Å². The number of aliphatic hydroxyl groups excluding tert-OH is 1. The molecule has 0 saturated heterocycles. The van der Waals surface area contributed by atoms with E-state index in [4.69, 9.17) is 4.74 Å². The summed E-state index contributed by atoms with van der Waals surface area (Å²) in [5, 5.41) is 10.5. The van der Waals surface area contributed by atoms with E-state index >= 15 is 0 Å². The maximum Gasteiger partial charge on any atom is 0.308 e. The van der Waals surface area contributed by atoms with Gasteiger partial charge in [0.1, 0.15) is 0 Å². The van der Waals surface area contributed by atoms with Crippen LogP contribution in [0.4, 0.5) is 0 Å². The van der Waals surface area contributed by atoms with Crippen molar-refractivity contribution in [2.75, 3.05) is 6.61 Å². The van der Waals surface area contributed by atoms with Crippen LogP contribution in [-0.4, -0.2) is 23.8 Å². The SMILES string of the molecule is CCC(C)(C)C1CCCC(C(=O)OCC2CCC(O)C(C(C)(C)CC)C2)C1. The van der Waals surface area contributed by atoms with Gasteiger partial charge in [-0.15, -0.1) is 0 Å². The molecule has 2 saturated carbocycles. The van der Waals surface area contributed by atoms with E-state index in [0.717, 1.165) is 44.9 Å². The maximum absolute atomic E-state index is 12.7. The molecule has 2 rings (SSSR count). The molecule has 158 valence electrons. The van der Waals surface area contributed by atoms with Crippen molar-refractivity contribution in [3.05, 3.63) is 0 Å². The van der Waals surface area contributed by atoms with Gasteiger partial charge in [0.15, 0.2) is 0 Å². The molecule has 0 aliphatic heterocycles. The monoisotopic (exact) mass is 380 g/mol. The van der Waals surface area contributed by atoms with E-state index in [1.807, 2.05) is 0 Å². The Labute approximate surface area is 167 Å². The molecule has 5 unspecified atom stereocenters. The van der Waals surface area contributed by atoms with Gasteiger partial charge < -0.3 is 9.84 Å². The number of hydrogen-bond acceptors (Lipinski definition) is 3. The summed E-state index contributed by atoms with van der Waals surface area (Å²) < 4.78 is 5.82. The third-order valence-corrected chi connectivity index (χ3v) is 8.32. The highest BCUT2D eigenvalue weighted by atomic mass is 16.5. The summed E-state index contributed by atoms with van der Waals surface area (Å²) in [6.45, 7) is 14.2. The van der Waals surface area contributed by atoms with Crippen molar-refractivity contribution in [1.82, 2.24) is 0 Å². The van der Waals surface area contributed by atoms with Gasteiger partial charge in [0.2, 0.25) is 0 Å². The molecule has 27 heavy (non-hydrogen) atoms. The zero-order chi connectivity index (χ0) is 20.2. The zero-order valence-electron chi connectivity index (χ0n) is 18.7. The molecule has 5 atom stereocenters. The Morgan fingerprint density at radius 1 is 0.963 bits per heavy atom. The highest BCUT2D eigenvalue weighted by molar-refractivity contribution is 5.72. The quantitative estimate of drug-likeness (QED) is 0.552. The number of esters is 1. The summed E-state index contributed by atoms with van der Waals surface area (Å²) in [4.78, 5) is 12.7. The first-order valence-corrected chi connectivity index (χ1v) is 11.5. The average molecular weight is 381 g/mol. The van der Waals surface area contributed by atoms with E-state index < -0.39 is 0 Å². The van der Waals surface area contributed by atoms with Crippen LogP contribution < -0.4 is 0 Å². The van der Waals surface area contributed by atoms with E-state index in [9.17, 15) is 9.90 Å². The number of rotatable bonds is 7. The lowest BCUT2D eigenvalue weighted by Gasteiger charge is -2.42. The summed E-state index contributed by atoms with van der Waals surface area (Å²) in [7, 11) is 0. The van der Waals surface area contributed by atoms with E-state index in [1.165, 1.54) is 12.8 Å². The minimum atomic E-state index is -0.206. The highest BCUT2D eigenvalue weighted by Gasteiger charge is 2.39. The second-order valence-corrected chi connectivity index (χ2v) is 10.7. The lowest BCUT2D eigenvalue weighted by atomic mass is 9.65. The van der Waals surface area contributed by atoms with E-state index in [1.54, 1.807) is 0 Å². The largest absolute Gasteiger partial charge is 0.465 e. The normalized spacial score (nSPS) is 32.9. The summed E-state index contributed by atoms with van der Waals surface area (Å²) in [5.41, 5.74) is 0.460. The molecular formula is C24H44O3. The Morgan fingerprint density at radius 2 is 1.63 bits per heavy atom. The van der Waals surface area contributed by atoms with Crippen LogP contribution in [0.25, 0.3) is 0 Å². The highest BCUT2D eigenvalue weighted by Crippen LogP contribution is 2.44. The lowest BCUT2D eigenvalue weighted by Crippen LogP contribution is -2.40. The van der Waals surface area contributed by atoms with Gasteiger partial charge in [0.25, 0.3) is 0 Å². The van der Waals surface area contributed by atoms with Gasteiger partial charge in [-0.25, -0.2) is 0 Å². The first-order chi connectivity index (χ1) is 12.6. The summed E-state index contributed by atoms with van der Waals surface area (Å²) in [5.74, 6) is 1.47. The van der Waals surface area contributed by atoms with Crippen LogP contribution in [0.3, 0.4) is 0 Å². The summed E-state index contributed by atoms with van der Waals surface area (Å²) in [6.07, 6.45) is 9.20. The minimum Gasteiger partial charge on any atom is -0.465 e. The summed E-state index contributed by atoms with van der Waals surface area (Å²) >= 11 is 0. The lowest BCUT2D eigenvalue weighted by molar-refractivity contribution is -0.153. The van der Waals surface area contributed by atoms with Crippen LogP contribution in [0.2, 0.25) is 0 Å². The molecule has 3 heteroatoms. The minimum absolute atomic E-state index is 0.0315. The zero-order valence-corrected chi connectivity index (χ0v) is 18.7. The van der Waals surface area contributed by atoms with Crippen molar-refractivity contribution >= 4 is 5.97 Å². The molecule has 0 spiro atoms. The van der Waals surface area contributed by atoms with E-state index in [2.05, 4.69) is 41.5 Å². The van der Waals surface area contributed by atoms with E-state index in [-0.39, 0.29) is 23.4 Å². The molecule has 2 aliphatic rings. The van der Waals surface area contributed by atoms with E-state index in [0.29, 0.717) is 29.8 Å². The van der Waals surface area contributed by atoms with Crippen molar-refractivity contribution in [1.29, 1.82) is 0 Å². The van der Waals surface area contributed by atoms with Gasteiger partial charge in [-0.05, 0) is 67.1 Å². The molecule has 3 nitrogen and oxygen atoms in total. The Hall–Kier alpha value is -0.570. The molecule has 0 heterocycles. The molecule has 2 fully saturated rings. The van der Waals surface area contributed by atoms with Crippen molar-refractivity contribution in [2.24, 2.45) is 34.5 Å². The van der Waals surface area contributed by atoms with Crippen molar-refractivity contribution in [3.8, 4) is 0 Å². The van der Waals surface area contributed by atoms with Crippen molar-refractivity contribution < 1.29 is 14.6 Å². The number of hydrogen-bond donors (Lipinski definition) is 1. The molecule has 2 aliphatic carbocycles. The van der Waals surface area contributed by atoms with Crippen LogP contribution in [0.15, 0.2) is 0 Å². The predicted molar refractivity (Wildman–Crippen MR) is 111 cm³/mol. The van der Waals surface area contributed by atoms with Crippen LogP contribution in [0.1, 0.15) is 99.3 Å². The number of carbonyl (C=O) groups excluding carboxylic acids is 1. The third-order valence-electron chi connectivity index (χ3n) is 8.32. The molecule has 0 bridgehead atoms. The Morgan fingerprint density at radius 3 is 2.26 bits per heavy atom. The molecule has 1 N–H and O–H groups in total. The fraction of sp³-hybridized carbons (Fsp3) is 0.958. The fourth-order valence-electron chi connectivity index (χ4n) is 5.22. The van der Waals surface area contributed by atoms with Crippen LogP contribution in [-0.2, 0) is 9.53 Å². The molecule has 0 amide bonds. The average Bonchev–Trinajstić information content (AvgIpc) is 2.67. The van der Waals surface area contributed by atoms with Gasteiger partial charge in [0, 0.05) is 0 Å². The van der Waals surface area contributed by atoms with Crippen molar-refractivity contribution in [2.45, 2.75) is 105 Å². The Balaban J connectivity index is 1.86. The van der Waals surface area contributed by atoms with Crippen LogP contribution in [0.5, 0.6) is 0 Å². The molecule has 0 radical (unpaired) electrons. The van der Waals surface area contributed by atoms with Crippen molar-refractivity contribution in [3.63, 3.8) is 0 Å². The van der Waals surface area contributed by atoms with Gasteiger partial charge in [-0.2, -0.15) is 0 Å². The Kier molecular flexibility index (Phi) is 7.81. The topological polar surface area (TPSA) is 46.5 Å². The molecular weight excluding hydrogens is 336 g/mol. The molecule has 0 aromatic rings. The van der Waals surface area contributed by atoms with Crippen LogP contribution in [0, 0.1) is 34.5 Å². The maximum atomic E-state index is 12.7. The number of carbonyl (C=O) groups is 1. The second kappa shape index (κ2) is 9.29. The Bertz CT molecular complexity index is 482. The molecule has 0 aromatic carbocycles. The summed E-state index contributed by atoms with van der Waals surface area (Å²) in [6, 6.07) is 0. The van der Waals surface area contributed by atoms with Gasteiger partial charge in [0.05, 0.1) is 18.6 Å². The fourth-order valence-corrected chi connectivity index (χ4v) is 5.22. The second-order valence-electron chi connectivity index (χ2n) is 10.7. The third kappa shape index (κ3) is 5.71. The number of ether oxygens (including phenoxy) is 1. The van der Waals surface area contributed by atoms with Gasteiger partial charge in [-0.1, -0.05) is 60.8 Å². The number of aliphatic hydroxyl groups is 1. The predicted octanol–water partition coefficient (Wildman–Crippen LogP) is 5.99. The smallest absolute Gasteiger partial charge is 0.308 e. The van der Waals surface area contributed by atoms with Gasteiger partial charge >= 0.3 is 5.97 Å². The first kappa shape index (κ1) is 22.7. The molecule has 0 aromatic heterocycles. The standard InChI is InChI=1S/C24H44O3/c1-7-23(3,4)19-11-9-10-18(15-19)22(26)27-16-17-12-13-21(25)20(14-17)24(5,6)8-2/h17-21,25H,7-16H2,1-6H3. The first-order valence-electron chi connectivity index (χ1n) is 11.5. The van der Waals surface area contributed by atoms with Crippen LogP contribution >= 0.6 is 0 Å².